The second kappa shape index (κ2) is 6.26. The number of oxime groups is 1. The molecule has 0 saturated carbocycles. The van der Waals surface area contributed by atoms with Crippen LogP contribution >= 0.6 is 0 Å². The molecule has 0 atom stereocenters. The van der Waals surface area contributed by atoms with Crippen LogP contribution in [0, 0.1) is 0 Å². The Hall–Kier alpha value is -2.37. The van der Waals surface area contributed by atoms with E-state index in [0.29, 0.717) is 5.69 Å². The average Bonchev–Trinajstić information content (AvgIpc) is 2.25. The maximum atomic E-state index is 10.8. The van der Waals surface area contributed by atoms with Gasteiger partial charge in [0.15, 0.2) is 0 Å². The molecule has 1 rings (SSSR count). The van der Waals surface area contributed by atoms with Gasteiger partial charge in [0.05, 0.1) is 6.21 Å². The van der Waals surface area contributed by atoms with Gasteiger partial charge in [0.1, 0.15) is 0 Å². The number of hydrogen-bond donors (Lipinski definition) is 2. The van der Waals surface area contributed by atoms with E-state index in [-0.39, 0.29) is 5.91 Å². The molecule has 0 spiro atoms. The number of carboxylic acid groups (broad SMARTS) is 1. The zero-order valence-electron chi connectivity index (χ0n) is 9.21. The standard InChI is InChI=1S/C11H12N2O4/c1-8(14)13-10-4-2-9(3-5-10)6-12-17-7-11(15)16/h2-6H,7H2,1H3,(H,13,14)(H,15,16). The van der Waals surface area contributed by atoms with Gasteiger partial charge in [0.2, 0.25) is 12.5 Å². The molecular weight excluding hydrogens is 224 g/mol. The SMILES string of the molecule is CC(=O)Nc1ccc(C=NOCC(=O)O)cc1. The van der Waals surface area contributed by atoms with Gasteiger partial charge in [-0.25, -0.2) is 4.79 Å². The Morgan fingerprint density at radius 2 is 2.06 bits per heavy atom. The van der Waals surface area contributed by atoms with E-state index in [9.17, 15) is 9.59 Å². The topological polar surface area (TPSA) is 88.0 Å². The van der Waals surface area contributed by atoms with Crippen molar-refractivity contribution in [2.24, 2.45) is 5.16 Å². The molecule has 90 valence electrons. The van der Waals surface area contributed by atoms with Gasteiger partial charge < -0.3 is 15.3 Å². The predicted molar refractivity (Wildman–Crippen MR) is 61.9 cm³/mol. The van der Waals surface area contributed by atoms with Crippen molar-refractivity contribution in [3.8, 4) is 0 Å². The summed E-state index contributed by atoms with van der Waals surface area (Å²) in [7, 11) is 0. The van der Waals surface area contributed by atoms with E-state index >= 15 is 0 Å². The van der Waals surface area contributed by atoms with Crippen molar-refractivity contribution < 1.29 is 19.5 Å². The van der Waals surface area contributed by atoms with E-state index in [1.54, 1.807) is 24.3 Å². The molecule has 0 heterocycles. The molecule has 1 aromatic carbocycles. The minimum Gasteiger partial charge on any atom is -0.479 e. The van der Waals surface area contributed by atoms with Crippen LogP contribution in [0.1, 0.15) is 12.5 Å². The molecule has 0 aliphatic rings. The zero-order valence-corrected chi connectivity index (χ0v) is 9.21. The van der Waals surface area contributed by atoms with E-state index < -0.39 is 12.6 Å². The molecule has 0 aliphatic heterocycles. The van der Waals surface area contributed by atoms with Crippen LogP contribution in [0.5, 0.6) is 0 Å². The zero-order chi connectivity index (χ0) is 12.7. The summed E-state index contributed by atoms with van der Waals surface area (Å²) in [5, 5.41) is 14.4. The first kappa shape index (κ1) is 12.7. The number of amides is 1. The molecule has 0 radical (unpaired) electrons. The van der Waals surface area contributed by atoms with Crippen molar-refractivity contribution in [2.75, 3.05) is 11.9 Å². The van der Waals surface area contributed by atoms with Crippen LogP contribution in [-0.4, -0.2) is 29.8 Å². The van der Waals surface area contributed by atoms with Crippen LogP contribution in [0.15, 0.2) is 29.4 Å². The van der Waals surface area contributed by atoms with Crippen LogP contribution in [0.4, 0.5) is 5.69 Å². The van der Waals surface area contributed by atoms with Gasteiger partial charge in [-0.1, -0.05) is 17.3 Å². The maximum Gasteiger partial charge on any atom is 0.344 e. The largest absolute Gasteiger partial charge is 0.479 e. The Kier molecular flexibility index (Phi) is 4.68. The van der Waals surface area contributed by atoms with Crippen molar-refractivity contribution in [3.63, 3.8) is 0 Å². The van der Waals surface area contributed by atoms with Crippen molar-refractivity contribution in [1.29, 1.82) is 0 Å². The van der Waals surface area contributed by atoms with Crippen molar-refractivity contribution in [2.45, 2.75) is 6.92 Å². The normalized spacial score (nSPS) is 10.2. The van der Waals surface area contributed by atoms with Gasteiger partial charge in [-0.15, -0.1) is 0 Å². The fourth-order valence-electron chi connectivity index (χ4n) is 1.05. The minimum absolute atomic E-state index is 0.142. The molecule has 6 heteroatoms. The van der Waals surface area contributed by atoms with Gasteiger partial charge in [-0.05, 0) is 17.7 Å². The maximum absolute atomic E-state index is 10.8. The summed E-state index contributed by atoms with van der Waals surface area (Å²) in [6.07, 6.45) is 1.39. The van der Waals surface area contributed by atoms with Crippen LogP contribution in [-0.2, 0) is 14.4 Å². The number of anilines is 1. The molecule has 0 bridgehead atoms. The minimum atomic E-state index is -1.08. The van der Waals surface area contributed by atoms with Crippen LogP contribution < -0.4 is 5.32 Å². The van der Waals surface area contributed by atoms with Crippen LogP contribution in [0.2, 0.25) is 0 Å². The second-order valence-electron chi connectivity index (χ2n) is 3.20. The number of rotatable bonds is 5. The highest BCUT2D eigenvalue weighted by atomic mass is 16.6. The van der Waals surface area contributed by atoms with Crippen molar-refractivity contribution in [3.05, 3.63) is 29.8 Å². The first-order chi connectivity index (χ1) is 8.08. The number of carbonyl (C=O) groups excluding carboxylic acids is 1. The Labute approximate surface area is 97.9 Å². The number of nitrogens with one attached hydrogen (secondary N) is 1. The number of aliphatic carboxylic acids is 1. The number of carbonyl (C=O) groups is 2. The van der Waals surface area contributed by atoms with E-state index in [1.165, 1.54) is 13.1 Å². The highest BCUT2D eigenvalue weighted by Gasteiger charge is 1.96. The molecule has 0 saturated heterocycles. The highest BCUT2D eigenvalue weighted by molar-refractivity contribution is 5.89. The molecule has 17 heavy (non-hydrogen) atoms. The molecule has 0 aliphatic carbocycles. The summed E-state index contributed by atoms with van der Waals surface area (Å²) in [5.41, 5.74) is 1.42. The molecule has 0 unspecified atom stereocenters. The van der Waals surface area contributed by atoms with Gasteiger partial charge in [0, 0.05) is 12.6 Å². The molecule has 1 amide bonds. The van der Waals surface area contributed by atoms with E-state index in [1.807, 2.05) is 0 Å². The smallest absolute Gasteiger partial charge is 0.344 e. The Balaban J connectivity index is 2.50. The van der Waals surface area contributed by atoms with Gasteiger partial charge in [-0.3, -0.25) is 4.79 Å². The average molecular weight is 236 g/mol. The first-order valence-corrected chi connectivity index (χ1v) is 4.82. The Morgan fingerprint density at radius 3 is 2.59 bits per heavy atom. The molecule has 2 N–H and O–H groups in total. The third kappa shape index (κ3) is 5.31. The lowest BCUT2D eigenvalue weighted by Gasteiger charge is -2.01. The molecule has 0 fully saturated rings. The van der Waals surface area contributed by atoms with Crippen molar-refractivity contribution in [1.82, 2.24) is 0 Å². The summed E-state index contributed by atoms with van der Waals surface area (Å²) in [6, 6.07) is 6.86. The van der Waals surface area contributed by atoms with E-state index in [2.05, 4.69) is 15.3 Å². The van der Waals surface area contributed by atoms with E-state index in [4.69, 9.17) is 5.11 Å². The molecule has 1 aromatic rings. The Morgan fingerprint density at radius 1 is 1.41 bits per heavy atom. The third-order valence-corrected chi connectivity index (χ3v) is 1.70. The number of hydrogen-bond acceptors (Lipinski definition) is 4. The summed E-state index contributed by atoms with van der Waals surface area (Å²) in [4.78, 5) is 25.4. The van der Waals surface area contributed by atoms with Gasteiger partial charge in [-0.2, -0.15) is 0 Å². The number of carboxylic acids is 1. The number of nitrogens with zero attached hydrogens (tertiary/aromatic N) is 1. The van der Waals surface area contributed by atoms with Gasteiger partial charge in [0.25, 0.3) is 0 Å². The molecular formula is C11H12N2O4. The quantitative estimate of drug-likeness (QED) is 0.591. The Bertz CT molecular complexity index is 426. The van der Waals surface area contributed by atoms with Crippen LogP contribution in [0.25, 0.3) is 0 Å². The van der Waals surface area contributed by atoms with Crippen molar-refractivity contribution >= 4 is 23.8 Å². The monoisotopic (exact) mass is 236 g/mol. The fraction of sp³-hybridized carbons (Fsp3) is 0.182. The fourth-order valence-corrected chi connectivity index (χ4v) is 1.05. The van der Waals surface area contributed by atoms with E-state index in [0.717, 1.165) is 5.56 Å². The summed E-state index contributed by atoms with van der Waals surface area (Å²) in [5.74, 6) is -1.22. The first-order valence-electron chi connectivity index (χ1n) is 4.82. The predicted octanol–water partition coefficient (Wildman–Crippen LogP) is 1.08. The lowest BCUT2D eigenvalue weighted by atomic mass is 10.2. The molecule has 6 nitrogen and oxygen atoms in total. The summed E-state index contributed by atoms with van der Waals surface area (Å²) < 4.78 is 0. The highest BCUT2D eigenvalue weighted by Crippen LogP contribution is 2.07. The molecule has 0 aromatic heterocycles. The lowest BCUT2D eigenvalue weighted by molar-refractivity contribution is -0.142. The third-order valence-electron chi connectivity index (χ3n) is 1.70. The summed E-state index contributed by atoms with van der Waals surface area (Å²) >= 11 is 0. The van der Waals surface area contributed by atoms with Gasteiger partial charge >= 0.3 is 5.97 Å². The number of benzene rings is 1. The summed E-state index contributed by atoms with van der Waals surface area (Å²) in [6.45, 7) is 0.954. The second-order valence-corrected chi connectivity index (χ2v) is 3.20. The lowest BCUT2D eigenvalue weighted by Crippen LogP contribution is -2.05. The van der Waals surface area contributed by atoms with Crippen LogP contribution in [0.3, 0.4) is 0 Å².